The van der Waals surface area contributed by atoms with E-state index in [4.69, 9.17) is 9.47 Å². The summed E-state index contributed by atoms with van der Waals surface area (Å²) in [6, 6.07) is 5.93. The van der Waals surface area contributed by atoms with Gasteiger partial charge in [-0.3, -0.25) is 24.4 Å². The van der Waals surface area contributed by atoms with Crippen molar-refractivity contribution in [3.8, 4) is 0 Å². The molecule has 2 aromatic rings. The van der Waals surface area contributed by atoms with Gasteiger partial charge in [0.05, 0.1) is 17.7 Å². The number of rotatable bonds is 2. The number of hydrogen-bond donors (Lipinski definition) is 3. The van der Waals surface area contributed by atoms with Gasteiger partial charge < -0.3 is 20.1 Å². The number of nitrogens with one attached hydrogen (secondary N) is 3. The number of nitrogens with zero attached hydrogens (tertiary/aromatic N) is 2. The maximum Gasteiger partial charge on any atom is 0.328 e. The van der Waals surface area contributed by atoms with Crippen molar-refractivity contribution >= 4 is 40.5 Å². The van der Waals surface area contributed by atoms with Crippen LogP contribution in [0.2, 0.25) is 0 Å². The molecule has 1 aromatic carbocycles. The number of fused-ring (bicyclic) bond motifs is 4. The minimum Gasteiger partial charge on any atom is -0.456 e. The van der Waals surface area contributed by atoms with E-state index < -0.39 is 53.5 Å². The smallest absolute Gasteiger partial charge is 0.328 e. The molecule has 1 saturated heterocycles. The summed E-state index contributed by atoms with van der Waals surface area (Å²) in [6.45, 7) is 10.8. The van der Waals surface area contributed by atoms with Crippen LogP contribution >= 0.6 is 0 Å². The van der Waals surface area contributed by atoms with Crippen molar-refractivity contribution in [1.29, 1.82) is 0 Å². The highest BCUT2D eigenvalue weighted by molar-refractivity contribution is 5.93. The van der Waals surface area contributed by atoms with Crippen molar-refractivity contribution < 1.29 is 28.7 Å². The van der Waals surface area contributed by atoms with E-state index in [1.807, 2.05) is 45.0 Å². The lowest BCUT2D eigenvalue weighted by atomic mass is 9.94. The zero-order chi connectivity index (χ0) is 31.5. The Morgan fingerprint density at radius 2 is 1.79 bits per heavy atom. The Labute approximate surface area is 252 Å². The van der Waals surface area contributed by atoms with Crippen LogP contribution < -0.4 is 16.1 Å². The van der Waals surface area contributed by atoms with Crippen LogP contribution in [0.1, 0.15) is 71.7 Å². The first-order valence-corrected chi connectivity index (χ1v) is 14.8. The quantitative estimate of drug-likeness (QED) is 0.452. The molecule has 3 heterocycles. The molecule has 5 bridgehead atoms. The zero-order valence-electron chi connectivity index (χ0n) is 26.0. The molecule has 0 aliphatic carbocycles. The first kappa shape index (κ1) is 32.1. The van der Waals surface area contributed by atoms with Crippen LogP contribution in [-0.4, -0.2) is 71.1 Å². The predicted octanol–water partition coefficient (Wildman–Crippen LogP) is 3.05. The van der Waals surface area contributed by atoms with Gasteiger partial charge in [0, 0.05) is 25.2 Å². The number of hydrogen-bond acceptors (Lipinski definition) is 8. The third kappa shape index (κ3) is 7.22. The summed E-state index contributed by atoms with van der Waals surface area (Å²) in [4.78, 5) is 57.9. The Morgan fingerprint density at radius 1 is 1.05 bits per heavy atom. The molecule has 3 N–H and O–H groups in total. The second-order valence-corrected chi connectivity index (χ2v) is 12.1. The van der Waals surface area contributed by atoms with Gasteiger partial charge in [-0.2, -0.15) is 0 Å². The lowest BCUT2D eigenvalue weighted by Crippen LogP contribution is -2.65. The van der Waals surface area contributed by atoms with Crippen LogP contribution in [0, 0.1) is 11.8 Å². The van der Waals surface area contributed by atoms with Crippen LogP contribution in [0.3, 0.4) is 0 Å². The summed E-state index contributed by atoms with van der Waals surface area (Å²) in [5.74, 6) is -2.58. The number of cyclic esters (lactones) is 1. The van der Waals surface area contributed by atoms with E-state index >= 15 is 0 Å². The van der Waals surface area contributed by atoms with Crippen LogP contribution in [0.15, 0.2) is 36.5 Å². The number of carbonyl (C=O) groups is 4. The first-order valence-electron chi connectivity index (χ1n) is 14.8. The SMILES string of the molecule is CO[C@@H]1/C=C/c2cc3cc(ccc3cn2)[C@@H](C)OC(=O)[C@@]2(C)CCCN(N2)C(=O)C(C)NC(=O)C(C(C)C)NC(=O)[C@@H]1C. The van der Waals surface area contributed by atoms with Crippen LogP contribution in [0.25, 0.3) is 16.8 Å². The summed E-state index contributed by atoms with van der Waals surface area (Å²) in [5.41, 5.74) is 3.41. The standard InChI is InChI=1S/C32H43N5O6/c1-18(2)27-29(39)34-20(4)30(40)37-14-8-13-32(6,36-37)31(41)43-21(5)22-9-10-23-17-33-25(16-24(23)15-22)11-12-26(42-7)19(3)28(38)35-27/h9-12,15-21,26-27,36H,8,13-14H2,1-7H3,(H,34,39)(H,35,38)/b12-11+/t19-,20?,21-,26-,27?,32-/m1/s1. The van der Waals surface area contributed by atoms with Gasteiger partial charge in [0.1, 0.15) is 23.7 Å². The highest BCUT2D eigenvalue weighted by atomic mass is 16.5. The molecule has 4 rings (SSSR count). The summed E-state index contributed by atoms with van der Waals surface area (Å²) in [6.07, 6.45) is 5.24. The fraction of sp³-hybridized carbons (Fsp3) is 0.531. The molecule has 11 nitrogen and oxygen atoms in total. The largest absolute Gasteiger partial charge is 0.456 e. The van der Waals surface area contributed by atoms with Crippen molar-refractivity contribution in [3.63, 3.8) is 0 Å². The Hall–Kier alpha value is -3.83. The highest BCUT2D eigenvalue weighted by Crippen LogP contribution is 2.27. The number of hydrazine groups is 1. The summed E-state index contributed by atoms with van der Waals surface area (Å²) in [7, 11) is 1.52. The average Bonchev–Trinajstić information content (AvgIpc) is 2.98. The van der Waals surface area contributed by atoms with E-state index in [1.54, 1.807) is 39.1 Å². The van der Waals surface area contributed by atoms with Gasteiger partial charge >= 0.3 is 5.97 Å². The second kappa shape index (κ2) is 13.2. The third-order valence-electron chi connectivity index (χ3n) is 8.29. The fourth-order valence-corrected chi connectivity index (χ4v) is 5.40. The minimum atomic E-state index is -1.13. The number of aromatic nitrogens is 1. The van der Waals surface area contributed by atoms with Gasteiger partial charge in [-0.05, 0) is 68.7 Å². The van der Waals surface area contributed by atoms with Crippen LogP contribution in [0.4, 0.5) is 0 Å². The molecular weight excluding hydrogens is 550 g/mol. The minimum absolute atomic E-state index is 0.250. The molecule has 6 atom stereocenters. The molecule has 1 fully saturated rings. The van der Waals surface area contributed by atoms with E-state index in [9.17, 15) is 19.2 Å². The van der Waals surface area contributed by atoms with Gasteiger partial charge in [0.2, 0.25) is 11.8 Å². The fourth-order valence-electron chi connectivity index (χ4n) is 5.40. The number of amides is 3. The Morgan fingerprint density at radius 3 is 2.49 bits per heavy atom. The third-order valence-corrected chi connectivity index (χ3v) is 8.29. The normalized spacial score (nSPS) is 30.4. The van der Waals surface area contributed by atoms with Gasteiger partial charge in [0.25, 0.3) is 5.91 Å². The number of methoxy groups -OCH3 is 1. The summed E-state index contributed by atoms with van der Waals surface area (Å²) >= 11 is 0. The second-order valence-electron chi connectivity index (χ2n) is 12.1. The van der Waals surface area contributed by atoms with Crippen molar-refractivity contribution in [3.05, 3.63) is 47.8 Å². The lowest BCUT2D eigenvalue weighted by Gasteiger charge is -2.41. The lowest BCUT2D eigenvalue weighted by molar-refractivity contribution is -0.164. The molecule has 2 unspecified atom stereocenters. The van der Waals surface area contributed by atoms with Crippen molar-refractivity contribution in [2.24, 2.45) is 11.8 Å². The molecule has 43 heavy (non-hydrogen) atoms. The van der Waals surface area contributed by atoms with E-state index in [1.165, 1.54) is 12.1 Å². The maximum absolute atomic E-state index is 13.4. The van der Waals surface area contributed by atoms with Gasteiger partial charge in [0.15, 0.2) is 0 Å². The van der Waals surface area contributed by atoms with Crippen LogP contribution in [0.5, 0.6) is 0 Å². The molecule has 0 spiro atoms. The Balaban J connectivity index is 1.71. The molecule has 2 aliphatic rings. The highest BCUT2D eigenvalue weighted by Gasteiger charge is 2.42. The molecule has 2 aliphatic heterocycles. The number of ether oxygens (including phenoxy) is 2. The monoisotopic (exact) mass is 593 g/mol. The van der Waals surface area contributed by atoms with E-state index in [0.29, 0.717) is 25.1 Å². The van der Waals surface area contributed by atoms with Crippen molar-refractivity contribution in [2.45, 2.75) is 84.2 Å². The van der Waals surface area contributed by atoms with E-state index in [0.717, 1.165) is 16.3 Å². The summed E-state index contributed by atoms with van der Waals surface area (Å²) < 4.78 is 11.5. The first-order chi connectivity index (χ1) is 20.3. The summed E-state index contributed by atoms with van der Waals surface area (Å²) in [5, 5.41) is 8.80. The van der Waals surface area contributed by atoms with Gasteiger partial charge in [-0.15, -0.1) is 0 Å². The van der Waals surface area contributed by atoms with Gasteiger partial charge in [-0.25, -0.2) is 10.2 Å². The predicted molar refractivity (Wildman–Crippen MR) is 162 cm³/mol. The molecule has 232 valence electrons. The maximum atomic E-state index is 13.4. The number of carbonyl (C=O) groups excluding carboxylic acids is 4. The molecule has 1 aromatic heterocycles. The van der Waals surface area contributed by atoms with Crippen molar-refractivity contribution in [2.75, 3.05) is 13.7 Å². The molecule has 3 amide bonds. The molecule has 0 radical (unpaired) electrons. The number of benzene rings is 1. The number of pyridine rings is 1. The molecular formula is C32H43N5O6. The van der Waals surface area contributed by atoms with E-state index in [-0.39, 0.29) is 11.8 Å². The molecule has 0 saturated carbocycles. The van der Waals surface area contributed by atoms with E-state index in [2.05, 4.69) is 21.0 Å². The Bertz CT molecular complexity index is 1410. The number of esters is 1. The van der Waals surface area contributed by atoms with Crippen molar-refractivity contribution in [1.82, 2.24) is 26.1 Å². The Kier molecular flexibility index (Phi) is 9.86. The zero-order valence-corrected chi connectivity index (χ0v) is 26.0. The van der Waals surface area contributed by atoms with Crippen LogP contribution in [-0.2, 0) is 28.7 Å². The molecule has 11 heteroatoms. The average molecular weight is 594 g/mol. The van der Waals surface area contributed by atoms with Gasteiger partial charge in [-0.1, -0.05) is 39.0 Å². The topological polar surface area (TPSA) is 139 Å².